The van der Waals surface area contributed by atoms with Crippen molar-refractivity contribution in [3.8, 4) is 0 Å². The summed E-state index contributed by atoms with van der Waals surface area (Å²) in [5.41, 5.74) is 5.32. The summed E-state index contributed by atoms with van der Waals surface area (Å²) in [6, 6.07) is -1.52. The van der Waals surface area contributed by atoms with Gasteiger partial charge in [0.25, 0.3) is 0 Å². The number of hydrogen-bond acceptors (Lipinski definition) is 10. The molecular weight excluding hydrogens is 689 g/mol. The lowest BCUT2D eigenvalue weighted by Gasteiger charge is -2.20. The molecular formula is C39H72NO11P. The van der Waals surface area contributed by atoms with E-state index in [1.165, 1.54) is 70.6 Å². The molecule has 1 heterocycles. The van der Waals surface area contributed by atoms with E-state index in [1.807, 2.05) is 0 Å². The lowest BCUT2D eigenvalue weighted by Crippen LogP contribution is -2.34. The highest BCUT2D eigenvalue weighted by molar-refractivity contribution is 7.47. The first kappa shape index (κ1) is 48.2. The molecule has 0 aromatic rings. The van der Waals surface area contributed by atoms with E-state index in [2.05, 4.69) is 30.5 Å². The Bertz CT molecular complexity index is 1010. The van der Waals surface area contributed by atoms with Crippen LogP contribution >= 0.6 is 7.82 Å². The summed E-state index contributed by atoms with van der Waals surface area (Å²) in [5, 5.41) is 8.87. The van der Waals surface area contributed by atoms with Gasteiger partial charge >= 0.3 is 25.7 Å². The first-order valence-electron chi connectivity index (χ1n) is 20.3. The van der Waals surface area contributed by atoms with Gasteiger partial charge in [-0.1, -0.05) is 135 Å². The van der Waals surface area contributed by atoms with Crippen LogP contribution in [0.15, 0.2) is 12.2 Å². The van der Waals surface area contributed by atoms with Crippen LogP contribution in [0, 0.1) is 0 Å². The number of rotatable bonds is 37. The number of allylic oxidation sites excluding steroid dienone is 1. The maximum Gasteiger partial charge on any atom is 0.472 e. The standard InChI is InChI=1S/C39H72NO11P/c1-3-5-7-9-11-12-13-14-15-16-20-25-29-38(42)50-33(31-48-52(45,46)49-32-34(40)39(43)44)30-47-37(41)28-24-21-17-19-23-27-36-35(51-36)26-22-18-10-8-6-4-2/h18,22,33-36H,3-17,19-21,23-32,40H2,1-2H3,(H,43,44)(H,45,46)/b22-18-/t33-,34+,35?,36?/m1/s1. The molecule has 5 atom stereocenters. The van der Waals surface area contributed by atoms with Gasteiger partial charge in [-0.15, -0.1) is 0 Å². The molecule has 12 nitrogen and oxygen atoms in total. The van der Waals surface area contributed by atoms with E-state index in [0.717, 1.165) is 64.2 Å². The molecule has 1 saturated heterocycles. The average Bonchev–Trinajstić information content (AvgIpc) is 3.87. The second-order valence-electron chi connectivity index (χ2n) is 14.2. The van der Waals surface area contributed by atoms with E-state index < -0.39 is 51.1 Å². The van der Waals surface area contributed by atoms with Crippen molar-refractivity contribution in [3.63, 3.8) is 0 Å². The molecule has 13 heteroatoms. The SMILES string of the molecule is CCCCC/C=C\CC1OC1CCCCCCCC(=O)OC[C@H](COP(=O)(O)OC[C@H](N)C(=O)O)OC(=O)CCCCCCCCCCCCCC. The summed E-state index contributed by atoms with van der Waals surface area (Å²) in [4.78, 5) is 45.8. The Morgan fingerprint density at radius 1 is 0.692 bits per heavy atom. The molecule has 1 fully saturated rings. The Kier molecular flexibility index (Phi) is 29.2. The molecule has 0 spiro atoms. The molecule has 52 heavy (non-hydrogen) atoms. The van der Waals surface area contributed by atoms with Gasteiger partial charge in [0, 0.05) is 12.8 Å². The topological polar surface area (TPSA) is 184 Å². The van der Waals surface area contributed by atoms with E-state index in [4.69, 9.17) is 29.6 Å². The summed E-state index contributed by atoms with van der Waals surface area (Å²) in [6.45, 7) is 2.74. The predicted octanol–water partition coefficient (Wildman–Crippen LogP) is 9.10. The van der Waals surface area contributed by atoms with Crippen LogP contribution in [0.5, 0.6) is 0 Å². The quantitative estimate of drug-likeness (QED) is 0.0180. The maximum absolute atomic E-state index is 12.6. The molecule has 0 aromatic carbocycles. The van der Waals surface area contributed by atoms with Crippen LogP contribution < -0.4 is 5.73 Å². The highest BCUT2D eigenvalue weighted by atomic mass is 31.2. The van der Waals surface area contributed by atoms with Gasteiger partial charge in [0.15, 0.2) is 6.10 Å². The molecule has 4 N–H and O–H groups in total. The molecule has 304 valence electrons. The van der Waals surface area contributed by atoms with E-state index in [9.17, 15) is 23.8 Å². The minimum Gasteiger partial charge on any atom is -0.480 e. The fourth-order valence-corrected chi connectivity index (χ4v) is 6.61. The molecule has 0 radical (unpaired) electrons. The second-order valence-corrected chi connectivity index (χ2v) is 15.6. The number of carbonyl (C=O) groups is 3. The molecule has 1 aliphatic rings. The van der Waals surface area contributed by atoms with Crippen molar-refractivity contribution in [1.82, 2.24) is 0 Å². The number of nitrogens with two attached hydrogens (primary N) is 1. The van der Waals surface area contributed by atoms with E-state index in [-0.39, 0.29) is 19.4 Å². The molecule has 0 aliphatic carbocycles. The minimum absolute atomic E-state index is 0.159. The van der Waals surface area contributed by atoms with E-state index in [0.29, 0.717) is 25.0 Å². The van der Waals surface area contributed by atoms with Crippen molar-refractivity contribution < 1.29 is 52.2 Å². The van der Waals surface area contributed by atoms with Gasteiger partial charge in [0.1, 0.15) is 12.6 Å². The summed E-state index contributed by atoms with van der Waals surface area (Å²) >= 11 is 0. The lowest BCUT2D eigenvalue weighted by molar-refractivity contribution is -0.161. The van der Waals surface area contributed by atoms with Crippen molar-refractivity contribution >= 4 is 25.7 Å². The second kappa shape index (κ2) is 31.5. The van der Waals surface area contributed by atoms with Gasteiger partial charge in [-0.2, -0.15) is 0 Å². The van der Waals surface area contributed by atoms with Crippen LogP contribution in [0.2, 0.25) is 0 Å². The van der Waals surface area contributed by atoms with Gasteiger partial charge < -0.3 is 29.9 Å². The third-order valence-electron chi connectivity index (χ3n) is 9.19. The number of carboxylic acids is 1. The smallest absolute Gasteiger partial charge is 0.472 e. The zero-order valence-corrected chi connectivity index (χ0v) is 33.3. The van der Waals surface area contributed by atoms with Crippen molar-refractivity contribution in [2.24, 2.45) is 5.73 Å². The number of phosphoric ester groups is 1. The summed E-state index contributed by atoms with van der Waals surface area (Å²) in [6.07, 6.45) is 30.1. The van der Waals surface area contributed by atoms with Gasteiger partial charge in [-0.25, -0.2) is 4.57 Å². The number of unbranched alkanes of at least 4 members (excludes halogenated alkanes) is 18. The fourth-order valence-electron chi connectivity index (χ4n) is 5.84. The fraction of sp³-hybridized carbons (Fsp3) is 0.872. The number of esters is 2. The van der Waals surface area contributed by atoms with Gasteiger partial charge in [-0.05, 0) is 38.5 Å². The van der Waals surface area contributed by atoms with E-state index >= 15 is 0 Å². The molecule has 0 amide bonds. The number of ether oxygens (including phenoxy) is 3. The van der Waals surface area contributed by atoms with Gasteiger partial charge in [-0.3, -0.25) is 23.4 Å². The third kappa shape index (κ3) is 28.7. The highest BCUT2D eigenvalue weighted by Gasteiger charge is 2.36. The zero-order chi connectivity index (χ0) is 38.3. The average molecular weight is 762 g/mol. The van der Waals surface area contributed by atoms with Crippen LogP contribution in [-0.2, 0) is 42.2 Å². The van der Waals surface area contributed by atoms with E-state index in [1.54, 1.807) is 0 Å². The number of hydrogen-bond donors (Lipinski definition) is 3. The van der Waals surface area contributed by atoms with Crippen LogP contribution in [0.3, 0.4) is 0 Å². The molecule has 1 rings (SSSR count). The van der Waals surface area contributed by atoms with Gasteiger partial charge in [0.05, 0.1) is 25.4 Å². The monoisotopic (exact) mass is 761 g/mol. The van der Waals surface area contributed by atoms with Crippen LogP contribution in [-0.4, -0.2) is 72.1 Å². The molecule has 0 aromatic heterocycles. The van der Waals surface area contributed by atoms with Crippen molar-refractivity contribution in [2.45, 2.75) is 199 Å². The highest BCUT2D eigenvalue weighted by Crippen LogP contribution is 2.43. The summed E-state index contributed by atoms with van der Waals surface area (Å²) < 4.78 is 38.4. The maximum atomic E-state index is 12.6. The first-order valence-corrected chi connectivity index (χ1v) is 21.8. The number of epoxide rings is 1. The Labute approximate surface area is 313 Å². The van der Waals surface area contributed by atoms with Crippen LogP contribution in [0.1, 0.15) is 174 Å². The normalized spacial score (nSPS) is 17.8. The predicted molar refractivity (Wildman–Crippen MR) is 203 cm³/mol. The third-order valence-corrected chi connectivity index (χ3v) is 10.1. The Hall–Kier alpha value is -1.82. The number of carbonyl (C=O) groups excluding carboxylic acids is 2. The van der Waals surface area contributed by atoms with Crippen LogP contribution in [0.25, 0.3) is 0 Å². The largest absolute Gasteiger partial charge is 0.480 e. The molecule has 0 saturated carbocycles. The van der Waals surface area contributed by atoms with Gasteiger partial charge in [0.2, 0.25) is 0 Å². The molecule has 3 unspecified atom stereocenters. The number of aliphatic carboxylic acids is 1. The zero-order valence-electron chi connectivity index (χ0n) is 32.4. The Morgan fingerprint density at radius 3 is 1.81 bits per heavy atom. The Balaban J connectivity index is 2.30. The van der Waals surface area contributed by atoms with Crippen molar-refractivity contribution in [2.75, 3.05) is 19.8 Å². The van der Waals surface area contributed by atoms with Crippen molar-refractivity contribution in [1.29, 1.82) is 0 Å². The Morgan fingerprint density at radius 2 is 1.21 bits per heavy atom. The first-order chi connectivity index (χ1) is 25.1. The molecule has 1 aliphatic heterocycles. The summed E-state index contributed by atoms with van der Waals surface area (Å²) in [7, 11) is -4.71. The minimum atomic E-state index is -4.71. The lowest BCUT2D eigenvalue weighted by atomic mass is 10.0. The van der Waals surface area contributed by atoms with Crippen LogP contribution in [0.4, 0.5) is 0 Å². The van der Waals surface area contributed by atoms with Crippen molar-refractivity contribution in [3.05, 3.63) is 12.2 Å². The summed E-state index contributed by atoms with van der Waals surface area (Å²) in [5.74, 6) is -2.40. The number of carboxylic acid groups (broad SMARTS) is 1. The number of phosphoric acid groups is 1. The molecule has 0 bridgehead atoms.